The van der Waals surface area contributed by atoms with E-state index in [1.165, 1.54) is 30.3 Å². The number of rotatable bonds is 5. The Kier molecular flexibility index (Phi) is 6.08. The van der Waals surface area contributed by atoms with Gasteiger partial charge in [0.2, 0.25) is 0 Å². The Morgan fingerprint density at radius 2 is 1.76 bits per heavy atom. The Morgan fingerprint density at radius 1 is 1.17 bits per heavy atom. The minimum Gasteiger partial charge on any atom is -0.478 e. The molecular weight excluding hydrogens is 397 g/mol. The van der Waals surface area contributed by atoms with E-state index in [2.05, 4.69) is 4.90 Å². The molecule has 7 heteroatoms. The lowest BCUT2D eigenvalue weighted by molar-refractivity contribution is -0.0305. The molecule has 0 spiro atoms. The summed E-state index contributed by atoms with van der Waals surface area (Å²) in [5, 5.41) is 21.2. The van der Waals surface area contributed by atoms with Crippen LogP contribution in [-0.4, -0.2) is 47.0 Å². The van der Waals surface area contributed by atoms with E-state index in [0.29, 0.717) is 17.9 Å². The van der Waals surface area contributed by atoms with Crippen LogP contribution in [0, 0.1) is 11.7 Å². The molecule has 0 radical (unpaired) electrons. The predicted molar refractivity (Wildman–Crippen MR) is 108 cm³/mol. The van der Waals surface area contributed by atoms with Gasteiger partial charge < -0.3 is 15.1 Å². The molecule has 0 saturated carbocycles. The first kappa shape index (κ1) is 21.4. The highest BCUT2D eigenvalue weighted by molar-refractivity contribution is 6.30. The number of hydrogen-bond acceptors (Lipinski definition) is 4. The van der Waals surface area contributed by atoms with Gasteiger partial charge in [-0.2, -0.15) is 0 Å². The number of benzene rings is 2. The van der Waals surface area contributed by atoms with Gasteiger partial charge in [0.15, 0.2) is 5.78 Å². The number of aliphatic hydroxyl groups is 1. The first-order valence-corrected chi connectivity index (χ1v) is 9.77. The van der Waals surface area contributed by atoms with Gasteiger partial charge in [0.25, 0.3) is 0 Å². The van der Waals surface area contributed by atoms with Crippen molar-refractivity contribution in [1.82, 2.24) is 4.90 Å². The smallest absolute Gasteiger partial charge is 0.336 e. The first-order chi connectivity index (χ1) is 13.6. The monoisotopic (exact) mass is 419 g/mol. The maximum Gasteiger partial charge on any atom is 0.336 e. The summed E-state index contributed by atoms with van der Waals surface area (Å²) in [5.74, 6) is -3.28. The molecule has 1 heterocycles. The summed E-state index contributed by atoms with van der Waals surface area (Å²) >= 11 is 5.82. The highest BCUT2D eigenvalue weighted by Gasteiger charge is 2.37. The summed E-state index contributed by atoms with van der Waals surface area (Å²) in [6.07, 6.45) is 1.41. The van der Waals surface area contributed by atoms with Gasteiger partial charge in [-0.25, -0.2) is 9.18 Å². The summed E-state index contributed by atoms with van der Waals surface area (Å²) in [6.45, 7) is 3.16. The molecule has 1 aliphatic heterocycles. The van der Waals surface area contributed by atoms with E-state index < -0.39 is 34.3 Å². The van der Waals surface area contributed by atoms with E-state index in [9.17, 15) is 19.8 Å². The third-order valence-corrected chi connectivity index (χ3v) is 6.00. The third-order valence-electron chi connectivity index (χ3n) is 5.75. The van der Waals surface area contributed by atoms with E-state index in [4.69, 9.17) is 11.6 Å². The molecule has 2 N–H and O–H groups in total. The van der Waals surface area contributed by atoms with Crippen LogP contribution >= 0.6 is 11.6 Å². The number of likely N-dealkylation sites (tertiary alicyclic amines) is 1. The number of hydrogen-bond donors (Lipinski definition) is 2. The SMILES string of the molecule is CN1CCC(C(C)(O)c2cc(F)c(C(=O)c3ccc(Cl)cc3)c(C(=O)O)c2)CC1. The fourth-order valence-corrected chi connectivity index (χ4v) is 3.98. The number of carbonyl (C=O) groups excluding carboxylic acids is 1. The summed E-state index contributed by atoms with van der Waals surface area (Å²) in [5.41, 5.74) is -2.11. The highest BCUT2D eigenvalue weighted by atomic mass is 35.5. The zero-order valence-corrected chi connectivity index (χ0v) is 17.0. The van der Waals surface area contributed by atoms with Crippen LogP contribution in [-0.2, 0) is 5.60 Å². The zero-order valence-electron chi connectivity index (χ0n) is 16.3. The lowest BCUT2D eigenvalue weighted by Crippen LogP contribution is -2.40. The fourth-order valence-electron chi connectivity index (χ4n) is 3.85. The molecule has 0 aliphatic carbocycles. The molecule has 1 fully saturated rings. The predicted octanol–water partition coefficient (Wildman–Crippen LogP) is 3.96. The van der Waals surface area contributed by atoms with E-state index in [0.717, 1.165) is 19.2 Å². The Balaban J connectivity index is 2.04. The molecule has 29 heavy (non-hydrogen) atoms. The van der Waals surface area contributed by atoms with Gasteiger partial charge in [-0.3, -0.25) is 4.79 Å². The summed E-state index contributed by atoms with van der Waals surface area (Å²) in [6, 6.07) is 8.08. The molecule has 0 bridgehead atoms. The van der Waals surface area contributed by atoms with E-state index in [-0.39, 0.29) is 17.0 Å². The largest absolute Gasteiger partial charge is 0.478 e. The second-order valence-electron chi connectivity index (χ2n) is 7.75. The van der Waals surface area contributed by atoms with Gasteiger partial charge in [-0.1, -0.05) is 11.6 Å². The number of halogens is 2. The lowest BCUT2D eigenvalue weighted by atomic mass is 9.76. The Hall–Kier alpha value is -2.28. The molecule has 3 rings (SSSR count). The molecule has 2 aromatic carbocycles. The van der Waals surface area contributed by atoms with E-state index >= 15 is 4.39 Å². The summed E-state index contributed by atoms with van der Waals surface area (Å²) in [7, 11) is 1.99. The molecule has 1 saturated heterocycles. The number of carboxylic acids is 1. The van der Waals surface area contributed by atoms with E-state index in [1.807, 2.05) is 7.05 Å². The van der Waals surface area contributed by atoms with E-state index in [1.54, 1.807) is 6.92 Å². The summed E-state index contributed by atoms with van der Waals surface area (Å²) < 4.78 is 15.0. The van der Waals surface area contributed by atoms with Crippen LogP contribution in [0.2, 0.25) is 5.02 Å². The van der Waals surface area contributed by atoms with Crippen LogP contribution in [0.5, 0.6) is 0 Å². The second-order valence-corrected chi connectivity index (χ2v) is 8.18. The quantitative estimate of drug-likeness (QED) is 0.717. The number of aromatic carboxylic acids is 1. The molecule has 2 aromatic rings. The molecule has 0 amide bonds. The van der Waals surface area contributed by atoms with Crippen molar-refractivity contribution in [2.24, 2.45) is 5.92 Å². The number of carboxylic acid groups (broad SMARTS) is 1. The molecule has 1 unspecified atom stereocenters. The molecule has 5 nitrogen and oxygen atoms in total. The minimum absolute atomic E-state index is 0.130. The number of nitrogens with zero attached hydrogens (tertiary/aromatic N) is 1. The highest BCUT2D eigenvalue weighted by Crippen LogP contribution is 2.37. The van der Waals surface area contributed by atoms with Crippen molar-refractivity contribution < 1.29 is 24.2 Å². The molecular formula is C22H23ClFNO4. The standard InChI is InChI=1S/C22H23ClFNO4/c1-22(29,14-7-9-25(2)10-8-14)15-11-17(21(27)28)19(18(24)12-15)20(26)13-3-5-16(23)6-4-13/h3-6,11-12,14,29H,7-10H2,1-2H3,(H,27,28). The zero-order chi connectivity index (χ0) is 21.3. The minimum atomic E-state index is -1.43. The van der Waals surface area contributed by atoms with Gasteiger partial charge in [-0.05, 0) is 87.8 Å². The lowest BCUT2D eigenvalue weighted by Gasteiger charge is -2.39. The van der Waals surface area contributed by atoms with Crippen LogP contribution in [0.1, 0.15) is 51.6 Å². The van der Waals surface area contributed by atoms with Gasteiger partial charge in [-0.15, -0.1) is 0 Å². The number of piperidine rings is 1. The van der Waals surface area contributed by atoms with Crippen molar-refractivity contribution in [3.8, 4) is 0 Å². The maximum absolute atomic E-state index is 15.0. The molecule has 1 atom stereocenters. The van der Waals surface area contributed by atoms with Gasteiger partial charge >= 0.3 is 5.97 Å². The van der Waals surface area contributed by atoms with Crippen molar-refractivity contribution in [1.29, 1.82) is 0 Å². The fraction of sp³-hybridized carbons (Fsp3) is 0.364. The number of ketones is 1. The first-order valence-electron chi connectivity index (χ1n) is 9.39. The third kappa shape index (κ3) is 4.34. The van der Waals surface area contributed by atoms with Crippen LogP contribution in [0.3, 0.4) is 0 Å². The van der Waals surface area contributed by atoms with Crippen molar-refractivity contribution in [3.63, 3.8) is 0 Å². The second kappa shape index (κ2) is 8.22. The molecule has 1 aliphatic rings. The average Bonchev–Trinajstić information content (AvgIpc) is 2.67. The van der Waals surface area contributed by atoms with Crippen LogP contribution in [0.15, 0.2) is 36.4 Å². The summed E-state index contributed by atoms with van der Waals surface area (Å²) in [4.78, 5) is 26.8. The average molecular weight is 420 g/mol. The Bertz CT molecular complexity index is 935. The maximum atomic E-state index is 15.0. The van der Waals surface area contributed by atoms with Crippen molar-refractivity contribution >= 4 is 23.4 Å². The van der Waals surface area contributed by atoms with Gasteiger partial charge in [0.05, 0.1) is 16.7 Å². The number of carbonyl (C=O) groups is 2. The van der Waals surface area contributed by atoms with Crippen molar-refractivity contribution in [3.05, 3.63) is 69.5 Å². The topological polar surface area (TPSA) is 77.8 Å². The normalized spacial score (nSPS) is 17.7. The van der Waals surface area contributed by atoms with Gasteiger partial charge in [0.1, 0.15) is 5.82 Å². The van der Waals surface area contributed by atoms with Gasteiger partial charge in [0, 0.05) is 10.6 Å². The Morgan fingerprint density at radius 3 is 2.31 bits per heavy atom. The molecule has 154 valence electrons. The van der Waals surface area contributed by atoms with Crippen molar-refractivity contribution in [2.45, 2.75) is 25.4 Å². The van der Waals surface area contributed by atoms with Crippen LogP contribution in [0.4, 0.5) is 4.39 Å². The van der Waals surface area contributed by atoms with Crippen molar-refractivity contribution in [2.75, 3.05) is 20.1 Å². The Labute approximate surface area is 173 Å². The van der Waals surface area contributed by atoms with Crippen LogP contribution < -0.4 is 0 Å². The van der Waals surface area contributed by atoms with Crippen LogP contribution in [0.25, 0.3) is 0 Å². The molecule has 0 aromatic heterocycles.